The van der Waals surface area contributed by atoms with Crippen molar-refractivity contribution in [2.45, 2.75) is 33.3 Å². The van der Waals surface area contributed by atoms with Gasteiger partial charge in [-0.1, -0.05) is 6.92 Å². The van der Waals surface area contributed by atoms with Gasteiger partial charge in [0.1, 0.15) is 0 Å². The maximum atomic E-state index is 12.5. The first-order valence-electron chi connectivity index (χ1n) is 9.83. The van der Waals surface area contributed by atoms with E-state index in [0.29, 0.717) is 41.9 Å². The van der Waals surface area contributed by atoms with Gasteiger partial charge in [0.2, 0.25) is 6.79 Å². The summed E-state index contributed by atoms with van der Waals surface area (Å²) >= 11 is 0. The molecular weight excluding hydrogens is 390 g/mol. The van der Waals surface area contributed by atoms with Crippen LogP contribution in [0.5, 0.6) is 23.0 Å². The zero-order valence-corrected chi connectivity index (χ0v) is 17.2. The Morgan fingerprint density at radius 2 is 1.83 bits per heavy atom. The predicted octanol–water partition coefficient (Wildman–Crippen LogP) is 3.79. The van der Waals surface area contributed by atoms with Crippen molar-refractivity contribution in [2.24, 2.45) is 0 Å². The lowest BCUT2D eigenvalue weighted by Crippen LogP contribution is -2.30. The third-order valence-electron chi connectivity index (χ3n) is 4.23. The van der Waals surface area contributed by atoms with Gasteiger partial charge in [0.15, 0.2) is 29.1 Å². The van der Waals surface area contributed by atoms with E-state index in [1.54, 1.807) is 36.4 Å². The smallest absolute Gasteiger partial charge is 0.339 e. The van der Waals surface area contributed by atoms with Crippen LogP contribution < -0.4 is 24.3 Å². The van der Waals surface area contributed by atoms with Crippen LogP contribution in [0, 0.1) is 0 Å². The molecule has 0 fully saturated rings. The molecule has 160 valence electrons. The molecule has 0 spiro atoms. The van der Waals surface area contributed by atoms with Gasteiger partial charge in [-0.3, -0.25) is 4.79 Å². The third-order valence-corrected chi connectivity index (χ3v) is 4.23. The van der Waals surface area contributed by atoms with Crippen LogP contribution in [-0.4, -0.2) is 38.0 Å². The highest BCUT2D eigenvalue weighted by molar-refractivity contribution is 5.97. The van der Waals surface area contributed by atoms with E-state index in [2.05, 4.69) is 5.32 Å². The molecule has 30 heavy (non-hydrogen) atoms. The molecule has 0 radical (unpaired) electrons. The third kappa shape index (κ3) is 5.14. The van der Waals surface area contributed by atoms with Crippen molar-refractivity contribution in [2.75, 3.05) is 25.3 Å². The molecule has 3 rings (SSSR count). The van der Waals surface area contributed by atoms with Crippen molar-refractivity contribution < 1.29 is 33.3 Å². The second-order valence-electron chi connectivity index (χ2n) is 6.55. The largest absolute Gasteiger partial charge is 0.490 e. The molecule has 1 aliphatic heterocycles. The minimum Gasteiger partial charge on any atom is -0.490 e. The quantitative estimate of drug-likeness (QED) is 0.623. The number of esters is 1. The highest BCUT2D eigenvalue weighted by Gasteiger charge is 2.21. The SMILES string of the molecule is CCCOc1ccc(C(=O)O[C@@H](C)C(=O)Nc2ccc3c(c2)OCO3)cc1OCC. The Bertz CT molecular complexity index is 912. The second-order valence-corrected chi connectivity index (χ2v) is 6.55. The summed E-state index contributed by atoms with van der Waals surface area (Å²) < 4.78 is 27.0. The van der Waals surface area contributed by atoms with Crippen molar-refractivity contribution in [1.82, 2.24) is 0 Å². The van der Waals surface area contributed by atoms with E-state index in [-0.39, 0.29) is 12.4 Å². The predicted molar refractivity (Wildman–Crippen MR) is 109 cm³/mol. The maximum Gasteiger partial charge on any atom is 0.339 e. The van der Waals surface area contributed by atoms with Crippen LogP contribution in [0.2, 0.25) is 0 Å². The summed E-state index contributed by atoms with van der Waals surface area (Å²) in [5, 5.41) is 2.70. The van der Waals surface area contributed by atoms with Gasteiger partial charge in [0.25, 0.3) is 5.91 Å². The van der Waals surface area contributed by atoms with E-state index in [0.717, 1.165) is 6.42 Å². The van der Waals surface area contributed by atoms with Crippen molar-refractivity contribution in [3.63, 3.8) is 0 Å². The van der Waals surface area contributed by atoms with Crippen LogP contribution in [-0.2, 0) is 9.53 Å². The number of benzene rings is 2. The molecule has 0 aromatic heterocycles. The first-order valence-corrected chi connectivity index (χ1v) is 9.83. The topological polar surface area (TPSA) is 92.3 Å². The summed E-state index contributed by atoms with van der Waals surface area (Å²) in [4.78, 5) is 24.9. The number of hydrogen-bond acceptors (Lipinski definition) is 7. The average molecular weight is 415 g/mol. The van der Waals surface area contributed by atoms with Gasteiger partial charge < -0.3 is 29.0 Å². The van der Waals surface area contributed by atoms with Crippen LogP contribution in [0.15, 0.2) is 36.4 Å². The van der Waals surface area contributed by atoms with Gasteiger partial charge >= 0.3 is 5.97 Å². The summed E-state index contributed by atoms with van der Waals surface area (Å²) in [5.74, 6) is 1.08. The average Bonchev–Trinajstić information content (AvgIpc) is 3.20. The van der Waals surface area contributed by atoms with E-state index < -0.39 is 18.0 Å². The second kappa shape index (κ2) is 9.87. The fourth-order valence-electron chi connectivity index (χ4n) is 2.73. The Morgan fingerprint density at radius 3 is 2.60 bits per heavy atom. The summed E-state index contributed by atoms with van der Waals surface area (Å²) in [6.07, 6.45) is -0.153. The van der Waals surface area contributed by atoms with Crippen LogP contribution in [0.3, 0.4) is 0 Å². The van der Waals surface area contributed by atoms with E-state index in [1.165, 1.54) is 6.92 Å². The molecule has 0 aliphatic carbocycles. The van der Waals surface area contributed by atoms with Crippen molar-refractivity contribution >= 4 is 17.6 Å². The molecule has 1 atom stereocenters. The number of fused-ring (bicyclic) bond motifs is 1. The number of rotatable bonds is 9. The molecule has 1 amide bonds. The van der Waals surface area contributed by atoms with E-state index in [4.69, 9.17) is 23.7 Å². The fourth-order valence-corrected chi connectivity index (χ4v) is 2.73. The molecular formula is C22H25NO7. The highest BCUT2D eigenvalue weighted by Crippen LogP contribution is 2.34. The number of anilines is 1. The Hall–Kier alpha value is -3.42. The molecule has 1 heterocycles. The molecule has 1 aliphatic rings. The number of amides is 1. The highest BCUT2D eigenvalue weighted by atomic mass is 16.7. The standard InChI is InChI=1S/C22H25NO7/c1-4-10-27-17-8-6-15(11-19(17)26-5-2)22(25)30-14(3)21(24)23-16-7-9-18-20(12-16)29-13-28-18/h6-9,11-12,14H,4-5,10,13H2,1-3H3,(H,23,24)/t14-/m0/s1. The van der Waals surface area contributed by atoms with Gasteiger partial charge in [-0.25, -0.2) is 4.79 Å². The number of carbonyl (C=O) groups is 2. The Labute approximate surface area is 175 Å². The monoisotopic (exact) mass is 415 g/mol. The Morgan fingerprint density at radius 1 is 1.03 bits per heavy atom. The summed E-state index contributed by atoms with van der Waals surface area (Å²) in [6.45, 7) is 6.46. The zero-order chi connectivity index (χ0) is 21.5. The van der Waals surface area contributed by atoms with Crippen molar-refractivity contribution in [3.8, 4) is 23.0 Å². The van der Waals surface area contributed by atoms with Crippen molar-refractivity contribution in [3.05, 3.63) is 42.0 Å². The maximum absolute atomic E-state index is 12.5. The first kappa shape index (κ1) is 21.3. The van der Waals surface area contributed by atoms with Gasteiger partial charge in [-0.05, 0) is 50.6 Å². The van der Waals surface area contributed by atoms with Crippen LogP contribution in [0.4, 0.5) is 5.69 Å². The van der Waals surface area contributed by atoms with Crippen LogP contribution >= 0.6 is 0 Å². The number of ether oxygens (including phenoxy) is 5. The van der Waals surface area contributed by atoms with Gasteiger partial charge in [-0.15, -0.1) is 0 Å². The number of carbonyl (C=O) groups excluding carboxylic acids is 2. The molecule has 2 aromatic rings. The molecule has 0 saturated carbocycles. The summed E-state index contributed by atoms with van der Waals surface area (Å²) in [5.41, 5.74) is 0.785. The Balaban J connectivity index is 1.62. The van der Waals surface area contributed by atoms with Crippen LogP contribution in [0.25, 0.3) is 0 Å². The van der Waals surface area contributed by atoms with Crippen molar-refractivity contribution in [1.29, 1.82) is 0 Å². The molecule has 0 saturated heterocycles. The normalized spacial score (nSPS) is 12.8. The van der Waals surface area contributed by atoms with E-state index in [9.17, 15) is 9.59 Å². The van der Waals surface area contributed by atoms with E-state index in [1.807, 2.05) is 13.8 Å². The number of nitrogens with one attached hydrogen (secondary N) is 1. The lowest BCUT2D eigenvalue weighted by atomic mass is 10.2. The summed E-state index contributed by atoms with van der Waals surface area (Å²) in [7, 11) is 0. The van der Waals surface area contributed by atoms with Gasteiger partial charge in [-0.2, -0.15) is 0 Å². The summed E-state index contributed by atoms with van der Waals surface area (Å²) in [6, 6.07) is 9.83. The molecule has 1 N–H and O–H groups in total. The van der Waals surface area contributed by atoms with Crippen LogP contribution in [0.1, 0.15) is 37.6 Å². The fraction of sp³-hybridized carbons (Fsp3) is 0.364. The molecule has 0 bridgehead atoms. The first-order chi connectivity index (χ1) is 14.5. The minimum atomic E-state index is -1.01. The molecule has 2 aromatic carbocycles. The molecule has 8 heteroatoms. The zero-order valence-electron chi connectivity index (χ0n) is 17.2. The lowest BCUT2D eigenvalue weighted by molar-refractivity contribution is -0.123. The minimum absolute atomic E-state index is 0.146. The lowest BCUT2D eigenvalue weighted by Gasteiger charge is -2.15. The Kier molecular flexibility index (Phi) is 7.00. The van der Waals surface area contributed by atoms with Gasteiger partial charge in [0.05, 0.1) is 18.8 Å². The number of hydrogen-bond donors (Lipinski definition) is 1. The molecule has 8 nitrogen and oxygen atoms in total. The van der Waals surface area contributed by atoms with Gasteiger partial charge in [0, 0.05) is 11.8 Å². The van der Waals surface area contributed by atoms with E-state index >= 15 is 0 Å². The molecule has 0 unspecified atom stereocenters.